The number of nitrogens with zero attached hydrogens (tertiary/aromatic N) is 4. The second-order valence-electron chi connectivity index (χ2n) is 9.41. The molecular weight excluding hydrogens is 402 g/mol. The van der Waals surface area contributed by atoms with Gasteiger partial charge in [0.1, 0.15) is 6.33 Å². The fourth-order valence-electron chi connectivity index (χ4n) is 5.81. The van der Waals surface area contributed by atoms with E-state index in [0.717, 1.165) is 49.9 Å². The van der Waals surface area contributed by atoms with Crippen molar-refractivity contribution in [2.75, 3.05) is 26.2 Å². The van der Waals surface area contributed by atoms with Crippen LogP contribution in [0, 0.1) is 0 Å². The van der Waals surface area contributed by atoms with Crippen LogP contribution in [-0.2, 0) is 0 Å². The van der Waals surface area contributed by atoms with Crippen LogP contribution in [0.5, 0.6) is 0 Å². The summed E-state index contributed by atoms with van der Waals surface area (Å²) in [4.78, 5) is 25.7. The van der Waals surface area contributed by atoms with E-state index >= 15 is 0 Å². The Morgan fingerprint density at radius 3 is 2.44 bits per heavy atom. The van der Waals surface area contributed by atoms with E-state index in [1.807, 2.05) is 17.3 Å². The summed E-state index contributed by atoms with van der Waals surface area (Å²) >= 11 is 0. The summed E-state index contributed by atoms with van der Waals surface area (Å²) < 4.78 is 0. The number of hydrogen-bond donors (Lipinski definition) is 2. The zero-order valence-electron chi connectivity index (χ0n) is 18.6. The summed E-state index contributed by atoms with van der Waals surface area (Å²) in [7, 11) is 0. The lowest BCUT2D eigenvalue weighted by atomic mass is 9.74. The molecule has 3 heterocycles. The third-order valence-corrected chi connectivity index (χ3v) is 7.53. The highest BCUT2D eigenvalue weighted by Crippen LogP contribution is 2.42. The minimum atomic E-state index is 0.0874. The lowest BCUT2D eigenvalue weighted by Crippen LogP contribution is -2.68. The molecule has 3 fully saturated rings. The summed E-state index contributed by atoms with van der Waals surface area (Å²) in [6.07, 6.45) is 11.9. The summed E-state index contributed by atoms with van der Waals surface area (Å²) in [6, 6.07) is 9.32. The Labute approximate surface area is 189 Å². The number of carbonyl (C=O) groups excluding carboxylic acids is 1. The van der Waals surface area contributed by atoms with Gasteiger partial charge in [0.15, 0.2) is 0 Å². The second kappa shape index (κ2) is 9.55. The number of nitrogens with one attached hydrogen (secondary N) is 1. The van der Waals surface area contributed by atoms with Gasteiger partial charge in [0.2, 0.25) is 0 Å². The van der Waals surface area contributed by atoms with Gasteiger partial charge in [-0.05, 0) is 43.4 Å². The van der Waals surface area contributed by atoms with E-state index in [9.17, 15) is 9.90 Å². The number of urea groups is 1. The summed E-state index contributed by atoms with van der Waals surface area (Å²) in [6.45, 7) is 2.66. The topological polar surface area (TPSA) is 81.6 Å². The van der Waals surface area contributed by atoms with Crippen LogP contribution in [0.2, 0.25) is 0 Å². The number of rotatable bonds is 4. The maximum Gasteiger partial charge on any atom is 0.317 e. The average molecular weight is 436 g/mol. The van der Waals surface area contributed by atoms with Crippen molar-refractivity contribution in [1.29, 1.82) is 0 Å². The minimum absolute atomic E-state index is 0.0874. The van der Waals surface area contributed by atoms with Gasteiger partial charge in [-0.25, -0.2) is 14.8 Å². The summed E-state index contributed by atoms with van der Waals surface area (Å²) in [5, 5.41) is 13.4. The van der Waals surface area contributed by atoms with E-state index in [1.54, 1.807) is 0 Å². The number of benzene rings is 1. The summed E-state index contributed by atoms with van der Waals surface area (Å²) in [5.74, 6) is 0.223. The predicted octanol–water partition coefficient (Wildman–Crippen LogP) is 3.02. The number of carbonyl (C=O) groups is 1. The molecule has 170 valence electrons. The Morgan fingerprint density at radius 2 is 1.72 bits per heavy atom. The zero-order valence-corrected chi connectivity index (χ0v) is 18.6. The van der Waals surface area contributed by atoms with Crippen molar-refractivity contribution in [3.63, 3.8) is 0 Å². The Morgan fingerprint density at radius 1 is 1.00 bits per heavy atom. The van der Waals surface area contributed by atoms with Gasteiger partial charge in [-0.15, -0.1) is 0 Å². The van der Waals surface area contributed by atoms with Gasteiger partial charge in [0, 0.05) is 55.1 Å². The molecule has 3 aliphatic rings. The third kappa shape index (κ3) is 4.24. The van der Waals surface area contributed by atoms with Crippen molar-refractivity contribution in [2.45, 2.75) is 62.6 Å². The van der Waals surface area contributed by atoms with Gasteiger partial charge in [-0.2, -0.15) is 0 Å². The number of fused-ring (bicyclic) bond motifs is 1. The highest BCUT2D eigenvalue weighted by atomic mass is 16.3. The van der Waals surface area contributed by atoms with E-state index in [1.165, 1.54) is 24.7 Å². The van der Waals surface area contributed by atoms with Crippen molar-refractivity contribution in [2.24, 2.45) is 0 Å². The average Bonchev–Trinajstić information content (AvgIpc) is 3.32. The molecular formula is C25H33N5O2. The smallest absolute Gasteiger partial charge is 0.317 e. The van der Waals surface area contributed by atoms with Crippen LogP contribution in [0.25, 0.3) is 11.1 Å². The molecule has 0 bridgehead atoms. The molecule has 0 unspecified atom stereocenters. The van der Waals surface area contributed by atoms with E-state index < -0.39 is 0 Å². The van der Waals surface area contributed by atoms with Crippen molar-refractivity contribution in [1.82, 2.24) is 25.1 Å². The molecule has 5 rings (SSSR count). The first-order valence-corrected chi connectivity index (χ1v) is 12.0. The lowest BCUT2D eigenvalue weighted by Gasteiger charge is -2.57. The van der Waals surface area contributed by atoms with Gasteiger partial charge in [-0.1, -0.05) is 37.1 Å². The van der Waals surface area contributed by atoms with Crippen LogP contribution < -0.4 is 5.32 Å². The fraction of sp³-hybridized carbons (Fsp3) is 0.560. The third-order valence-electron chi connectivity index (χ3n) is 7.53. The molecule has 2 aromatic rings. The van der Waals surface area contributed by atoms with Crippen molar-refractivity contribution >= 4 is 6.03 Å². The van der Waals surface area contributed by atoms with Crippen LogP contribution in [0.1, 0.15) is 50.0 Å². The molecule has 2 saturated heterocycles. The van der Waals surface area contributed by atoms with Crippen molar-refractivity contribution < 1.29 is 9.90 Å². The molecule has 3 atom stereocenters. The monoisotopic (exact) mass is 435 g/mol. The number of amides is 2. The van der Waals surface area contributed by atoms with Crippen molar-refractivity contribution in [3.05, 3.63) is 48.5 Å². The zero-order chi connectivity index (χ0) is 21.9. The molecule has 1 aromatic heterocycles. The first kappa shape index (κ1) is 21.3. The van der Waals surface area contributed by atoms with Gasteiger partial charge < -0.3 is 15.3 Å². The quantitative estimate of drug-likeness (QED) is 0.772. The van der Waals surface area contributed by atoms with E-state index in [4.69, 9.17) is 0 Å². The molecule has 2 amide bonds. The van der Waals surface area contributed by atoms with Crippen LogP contribution in [-0.4, -0.2) is 75.3 Å². The Bertz CT molecular complexity index is 900. The largest absolute Gasteiger partial charge is 0.395 e. The van der Waals surface area contributed by atoms with Crippen molar-refractivity contribution in [3.8, 4) is 11.1 Å². The predicted molar refractivity (Wildman–Crippen MR) is 123 cm³/mol. The molecule has 0 spiro atoms. The molecule has 0 radical (unpaired) electrons. The van der Waals surface area contributed by atoms with Crippen LogP contribution >= 0.6 is 0 Å². The van der Waals surface area contributed by atoms with Crippen LogP contribution in [0.4, 0.5) is 4.79 Å². The first-order chi connectivity index (χ1) is 15.7. The fourth-order valence-corrected chi connectivity index (χ4v) is 5.81. The molecule has 7 heteroatoms. The number of aromatic nitrogens is 2. The Hall–Kier alpha value is -2.51. The van der Waals surface area contributed by atoms with Gasteiger partial charge in [0.05, 0.1) is 6.61 Å². The van der Waals surface area contributed by atoms with Gasteiger partial charge in [0.25, 0.3) is 0 Å². The molecule has 7 nitrogen and oxygen atoms in total. The lowest BCUT2D eigenvalue weighted by molar-refractivity contribution is -0.0591. The van der Waals surface area contributed by atoms with E-state index in [-0.39, 0.29) is 30.6 Å². The second-order valence-corrected chi connectivity index (χ2v) is 9.41. The Kier molecular flexibility index (Phi) is 6.37. The molecule has 1 saturated carbocycles. The minimum Gasteiger partial charge on any atom is -0.395 e. The van der Waals surface area contributed by atoms with E-state index in [0.29, 0.717) is 12.6 Å². The number of aliphatic hydroxyl groups excluding tert-OH is 1. The highest BCUT2D eigenvalue weighted by molar-refractivity contribution is 5.74. The molecule has 1 aromatic carbocycles. The SMILES string of the molecule is O=C(NC1CCCC1)N1CCCCN2[C@H](CO)[C@H](c3ccc(-c4cncnc4)cc3)[C@@H]2C1. The van der Waals surface area contributed by atoms with Crippen LogP contribution in [0.3, 0.4) is 0 Å². The molecule has 32 heavy (non-hydrogen) atoms. The van der Waals surface area contributed by atoms with Crippen LogP contribution in [0.15, 0.2) is 43.0 Å². The molecule has 2 N–H and O–H groups in total. The normalized spacial score (nSPS) is 26.7. The molecule has 1 aliphatic carbocycles. The van der Waals surface area contributed by atoms with Gasteiger partial charge in [-0.3, -0.25) is 4.90 Å². The maximum atomic E-state index is 13.0. The van der Waals surface area contributed by atoms with Gasteiger partial charge >= 0.3 is 6.03 Å². The summed E-state index contributed by atoms with van der Waals surface area (Å²) in [5.41, 5.74) is 3.30. The first-order valence-electron chi connectivity index (χ1n) is 12.0. The van der Waals surface area contributed by atoms with E-state index in [2.05, 4.69) is 44.5 Å². The molecule has 2 aliphatic heterocycles. The maximum absolute atomic E-state index is 13.0. The standard InChI is InChI=1S/C25H33N5O2/c31-16-23-24(19-9-7-18(8-10-19)20-13-26-17-27-14-20)22-15-29(11-3-4-12-30(22)23)25(32)28-21-5-1-2-6-21/h7-10,13-14,17,21-24,31H,1-6,11-12,15-16H2,(H,28,32)/t22-,23+,24+/m0/s1. The Balaban J connectivity index is 1.33. The number of hydrogen-bond acceptors (Lipinski definition) is 5. The number of aliphatic hydroxyl groups is 1. The highest BCUT2D eigenvalue weighted by Gasteiger charge is 2.49.